The van der Waals surface area contributed by atoms with Crippen molar-refractivity contribution in [3.63, 3.8) is 0 Å². The maximum atomic E-state index is 9.65. The molecule has 2 nitrogen and oxygen atoms in total. The van der Waals surface area contributed by atoms with Crippen molar-refractivity contribution in [3.05, 3.63) is 28.8 Å². The second kappa shape index (κ2) is 4.67. The van der Waals surface area contributed by atoms with Crippen LogP contribution in [0.25, 0.3) is 0 Å². The third-order valence-electron chi connectivity index (χ3n) is 2.05. The third-order valence-corrected chi connectivity index (χ3v) is 2.38. The number of hydrogen-bond acceptors (Lipinski definition) is 2. The number of phenols is 1. The molecule has 0 aliphatic heterocycles. The fourth-order valence-corrected chi connectivity index (χ4v) is 1.87. The highest BCUT2D eigenvalue weighted by molar-refractivity contribution is 6.31. The quantitative estimate of drug-likeness (QED) is 0.809. The number of phenolic OH excluding ortho intramolecular Hbond substituents is 1. The summed E-state index contributed by atoms with van der Waals surface area (Å²) in [5.41, 5.74) is 0.767. The van der Waals surface area contributed by atoms with E-state index in [4.69, 9.17) is 11.6 Å². The maximum Gasteiger partial charge on any atom is 0.121 e. The van der Waals surface area contributed by atoms with E-state index >= 15 is 0 Å². The smallest absolute Gasteiger partial charge is 0.121 e. The minimum atomic E-state index is 0.0590. The summed E-state index contributed by atoms with van der Waals surface area (Å²) >= 11 is 6.01. The Morgan fingerprint density at radius 3 is 2.43 bits per heavy atom. The lowest BCUT2D eigenvalue weighted by Gasteiger charge is -2.19. The van der Waals surface area contributed by atoms with Crippen molar-refractivity contribution in [1.82, 2.24) is 5.32 Å². The van der Waals surface area contributed by atoms with Gasteiger partial charge in [-0.15, -0.1) is 0 Å². The molecule has 0 heterocycles. The second-order valence-corrected chi connectivity index (χ2v) is 4.12. The first-order valence-electron chi connectivity index (χ1n) is 4.75. The highest BCUT2D eigenvalue weighted by Gasteiger charge is 2.14. The van der Waals surface area contributed by atoms with E-state index in [0.29, 0.717) is 11.1 Å². The van der Waals surface area contributed by atoms with Crippen LogP contribution >= 0.6 is 11.6 Å². The van der Waals surface area contributed by atoms with Crippen LogP contribution in [0.5, 0.6) is 5.75 Å². The average molecular weight is 214 g/mol. The van der Waals surface area contributed by atoms with Gasteiger partial charge in [-0.3, -0.25) is 0 Å². The Bertz CT molecular complexity index is 292. The van der Waals surface area contributed by atoms with E-state index in [1.54, 1.807) is 18.2 Å². The average Bonchev–Trinajstić information content (AvgIpc) is 2.01. The summed E-state index contributed by atoms with van der Waals surface area (Å²) < 4.78 is 0. The van der Waals surface area contributed by atoms with Gasteiger partial charge in [-0.05, 0) is 19.1 Å². The van der Waals surface area contributed by atoms with Crippen LogP contribution in [-0.4, -0.2) is 11.1 Å². The Kier molecular flexibility index (Phi) is 3.78. The summed E-state index contributed by atoms with van der Waals surface area (Å²) in [6.07, 6.45) is 0. The zero-order chi connectivity index (χ0) is 10.7. The molecule has 1 aromatic rings. The van der Waals surface area contributed by atoms with Gasteiger partial charge in [-0.1, -0.05) is 31.5 Å². The minimum absolute atomic E-state index is 0.0590. The van der Waals surface area contributed by atoms with Crippen LogP contribution in [0, 0.1) is 0 Å². The van der Waals surface area contributed by atoms with Gasteiger partial charge in [0.05, 0.1) is 0 Å². The summed E-state index contributed by atoms with van der Waals surface area (Å²) in [4.78, 5) is 0. The van der Waals surface area contributed by atoms with Gasteiger partial charge in [0.25, 0.3) is 0 Å². The lowest BCUT2D eigenvalue weighted by atomic mass is 10.1. The molecule has 0 saturated carbocycles. The topological polar surface area (TPSA) is 32.3 Å². The molecule has 14 heavy (non-hydrogen) atoms. The standard InChI is InChI=1S/C11H16ClNO/c1-7(2)13-8(3)11-9(12)5-4-6-10(11)14/h4-8,13-14H,1-3H3. The van der Waals surface area contributed by atoms with E-state index in [-0.39, 0.29) is 11.8 Å². The van der Waals surface area contributed by atoms with Crippen LogP contribution in [0.2, 0.25) is 5.02 Å². The molecule has 0 spiro atoms. The van der Waals surface area contributed by atoms with E-state index < -0.39 is 0 Å². The Hall–Kier alpha value is -0.730. The summed E-state index contributed by atoms with van der Waals surface area (Å²) in [6.45, 7) is 6.11. The molecule has 1 rings (SSSR count). The molecule has 0 amide bonds. The van der Waals surface area contributed by atoms with Crippen LogP contribution in [0.1, 0.15) is 32.4 Å². The summed E-state index contributed by atoms with van der Waals surface area (Å²) in [5, 5.41) is 13.5. The molecule has 0 aliphatic carbocycles. The van der Waals surface area contributed by atoms with Crippen molar-refractivity contribution in [1.29, 1.82) is 0 Å². The van der Waals surface area contributed by atoms with E-state index in [1.807, 2.05) is 6.92 Å². The fourth-order valence-electron chi connectivity index (χ4n) is 1.54. The molecule has 78 valence electrons. The first-order valence-corrected chi connectivity index (χ1v) is 5.13. The van der Waals surface area contributed by atoms with Crippen molar-refractivity contribution >= 4 is 11.6 Å². The number of rotatable bonds is 3. The lowest BCUT2D eigenvalue weighted by molar-refractivity contribution is 0.442. The predicted molar refractivity (Wildman–Crippen MR) is 59.8 cm³/mol. The summed E-state index contributed by atoms with van der Waals surface area (Å²) in [7, 11) is 0. The summed E-state index contributed by atoms with van der Waals surface area (Å²) in [5.74, 6) is 0.248. The molecule has 2 N–H and O–H groups in total. The van der Waals surface area contributed by atoms with Gasteiger partial charge in [0.2, 0.25) is 0 Å². The molecule has 0 bridgehead atoms. The molecule has 0 aliphatic rings. The third kappa shape index (κ3) is 2.63. The van der Waals surface area contributed by atoms with Crippen molar-refractivity contribution in [3.8, 4) is 5.75 Å². The van der Waals surface area contributed by atoms with Crippen molar-refractivity contribution < 1.29 is 5.11 Å². The van der Waals surface area contributed by atoms with Crippen LogP contribution in [0.15, 0.2) is 18.2 Å². The van der Waals surface area contributed by atoms with Crippen molar-refractivity contribution in [2.75, 3.05) is 0 Å². The van der Waals surface area contributed by atoms with Gasteiger partial charge in [-0.25, -0.2) is 0 Å². The summed E-state index contributed by atoms with van der Waals surface area (Å²) in [6, 6.07) is 5.60. The minimum Gasteiger partial charge on any atom is -0.508 e. The molecular formula is C11H16ClNO. The maximum absolute atomic E-state index is 9.65. The Balaban J connectivity index is 2.94. The van der Waals surface area contributed by atoms with Gasteiger partial charge < -0.3 is 10.4 Å². The van der Waals surface area contributed by atoms with Crippen molar-refractivity contribution in [2.24, 2.45) is 0 Å². The molecule has 0 fully saturated rings. The number of nitrogens with one attached hydrogen (secondary N) is 1. The lowest BCUT2D eigenvalue weighted by Crippen LogP contribution is -2.26. The number of halogens is 1. The molecular weight excluding hydrogens is 198 g/mol. The van der Waals surface area contributed by atoms with Gasteiger partial charge in [-0.2, -0.15) is 0 Å². The monoisotopic (exact) mass is 213 g/mol. The zero-order valence-electron chi connectivity index (χ0n) is 8.71. The molecule has 1 atom stereocenters. The van der Waals surface area contributed by atoms with Crippen molar-refractivity contribution in [2.45, 2.75) is 32.9 Å². The first-order chi connectivity index (χ1) is 6.52. The second-order valence-electron chi connectivity index (χ2n) is 3.72. The van der Waals surface area contributed by atoms with Gasteiger partial charge in [0.1, 0.15) is 5.75 Å². The number of benzene rings is 1. The predicted octanol–water partition coefficient (Wildman–Crippen LogP) is 3.10. The Morgan fingerprint density at radius 2 is 1.93 bits per heavy atom. The molecule has 1 unspecified atom stereocenters. The fraction of sp³-hybridized carbons (Fsp3) is 0.455. The Morgan fingerprint density at radius 1 is 1.29 bits per heavy atom. The molecule has 1 aromatic carbocycles. The van der Waals surface area contributed by atoms with Gasteiger partial charge in [0.15, 0.2) is 0 Å². The molecule has 0 aromatic heterocycles. The first kappa shape index (κ1) is 11.3. The van der Waals surface area contributed by atoms with E-state index in [2.05, 4.69) is 19.2 Å². The highest BCUT2D eigenvalue weighted by atomic mass is 35.5. The SMILES string of the molecule is CC(C)NC(C)c1c(O)cccc1Cl. The van der Waals surface area contributed by atoms with E-state index in [1.165, 1.54) is 0 Å². The number of hydrogen-bond donors (Lipinski definition) is 2. The number of aromatic hydroxyl groups is 1. The largest absolute Gasteiger partial charge is 0.508 e. The highest BCUT2D eigenvalue weighted by Crippen LogP contribution is 2.31. The molecule has 3 heteroatoms. The van der Waals surface area contributed by atoms with Gasteiger partial charge in [0, 0.05) is 22.7 Å². The van der Waals surface area contributed by atoms with Gasteiger partial charge >= 0.3 is 0 Å². The van der Waals surface area contributed by atoms with Crippen LogP contribution < -0.4 is 5.32 Å². The zero-order valence-corrected chi connectivity index (χ0v) is 9.47. The van der Waals surface area contributed by atoms with E-state index in [9.17, 15) is 5.11 Å². The van der Waals surface area contributed by atoms with E-state index in [0.717, 1.165) is 5.56 Å². The van der Waals surface area contributed by atoms with Crippen LogP contribution in [0.3, 0.4) is 0 Å². The normalized spacial score (nSPS) is 13.2. The van der Waals surface area contributed by atoms with Crippen LogP contribution in [0.4, 0.5) is 0 Å². The molecule has 0 radical (unpaired) electrons. The Labute approximate surface area is 89.9 Å². The molecule has 0 saturated heterocycles. The van der Waals surface area contributed by atoms with Crippen LogP contribution in [-0.2, 0) is 0 Å².